The van der Waals surface area contributed by atoms with Crippen LogP contribution in [0.3, 0.4) is 0 Å². The molecule has 0 unspecified atom stereocenters. The third-order valence-electron chi connectivity index (χ3n) is 6.71. The van der Waals surface area contributed by atoms with Crippen molar-refractivity contribution in [3.63, 3.8) is 0 Å². The van der Waals surface area contributed by atoms with E-state index in [1.165, 1.54) is 0 Å². The summed E-state index contributed by atoms with van der Waals surface area (Å²) < 4.78 is 34.4. The van der Waals surface area contributed by atoms with E-state index in [4.69, 9.17) is 28.4 Å². The smallest absolute Gasteiger partial charge is 0.179 e. The predicted molar refractivity (Wildman–Crippen MR) is 168 cm³/mol. The molecular formula is C35H54O7. The number of ether oxygens (including phenoxy) is 6. The van der Waals surface area contributed by atoms with Crippen molar-refractivity contribution >= 4 is 6.29 Å². The Morgan fingerprint density at radius 1 is 0.476 bits per heavy atom. The maximum absolute atomic E-state index is 10.4. The summed E-state index contributed by atoms with van der Waals surface area (Å²) in [6.45, 7) is 24.9. The molecule has 0 spiro atoms. The Balaban J connectivity index is 0.000000307. The lowest BCUT2D eigenvalue weighted by atomic mass is 9.95. The van der Waals surface area contributed by atoms with Crippen molar-refractivity contribution in [2.45, 2.75) is 88.1 Å². The second-order valence-corrected chi connectivity index (χ2v) is 13.9. The molecule has 0 radical (unpaired) electrons. The molecule has 3 fully saturated rings. The normalized spacial score (nSPS) is 25.0. The first kappa shape index (κ1) is 36.1. The van der Waals surface area contributed by atoms with Crippen LogP contribution in [-0.2, 0) is 33.2 Å². The van der Waals surface area contributed by atoms with Gasteiger partial charge in [0.2, 0.25) is 0 Å². The van der Waals surface area contributed by atoms with E-state index in [2.05, 4.69) is 41.5 Å². The molecule has 0 amide bonds. The summed E-state index contributed by atoms with van der Waals surface area (Å²) in [5.41, 5.74) is 4.15. The van der Waals surface area contributed by atoms with Crippen LogP contribution in [0.25, 0.3) is 0 Å². The SMILES string of the molecule is C\C(=C/C=C/C=C(\C)C1OCC(C)(C)CO1)C1OCC(C)(C)CO1.C\C(C=O)=C/C=C/C=C(\C)C1OCC(C)(C)CO1. The van der Waals surface area contributed by atoms with E-state index in [-0.39, 0.29) is 35.1 Å². The van der Waals surface area contributed by atoms with Crippen LogP contribution < -0.4 is 0 Å². The van der Waals surface area contributed by atoms with Gasteiger partial charge in [-0.1, -0.05) is 90.2 Å². The molecule has 3 saturated heterocycles. The molecule has 3 aliphatic heterocycles. The first-order valence-corrected chi connectivity index (χ1v) is 14.8. The first-order chi connectivity index (χ1) is 19.6. The van der Waals surface area contributed by atoms with Gasteiger partial charge < -0.3 is 28.4 Å². The zero-order valence-electron chi connectivity index (χ0n) is 27.5. The van der Waals surface area contributed by atoms with Gasteiger partial charge in [-0.05, 0) is 50.0 Å². The number of rotatable bonds is 8. The monoisotopic (exact) mass is 586 g/mol. The number of hydrogen-bond acceptors (Lipinski definition) is 7. The van der Waals surface area contributed by atoms with Gasteiger partial charge in [-0.15, -0.1) is 0 Å². The summed E-state index contributed by atoms with van der Waals surface area (Å²) in [7, 11) is 0. The van der Waals surface area contributed by atoms with Crippen molar-refractivity contribution in [2.75, 3.05) is 39.6 Å². The number of aldehydes is 1. The Morgan fingerprint density at radius 2 is 0.714 bits per heavy atom. The van der Waals surface area contributed by atoms with Crippen molar-refractivity contribution in [3.05, 3.63) is 70.9 Å². The fourth-order valence-electron chi connectivity index (χ4n) is 3.97. The third-order valence-corrected chi connectivity index (χ3v) is 6.71. The van der Waals surface area contributed by atoms with Gasteiger partial charge in [-0.2, -0.15) is 0 Å². The third kappa shape index (κ3) is 13.4. The summed E-state index contributed by atoms with van der Waals surface area (Å²) in [4.78, 5) is 10.4. The molecule has 0 aromatic heterocycles. The van der Waals surface area contributed by atoms with Crippen LogP contribution in [0.4, 0.5) is 0 Å². The van der Waals surface area contributed by atoms with Gasteiger partial charge in [0.1, 0.15) is 6.29 Å². The van der Waals surface area contributed by atoms with Crippen LogP contribution >= 0.6 is 0 Å². The Kier molecular flexibility index (Phi) is 14.3. The number of carbonyl (C=O) groups is 1. The highest BCUT2D eigenvalue weighted by Crippen LogP contribution is 2.27. The minimum atomic E-state index is -0.251. The topological polar surface area (TPSA) is 72.5 Å². The molecule has 3 heterocycles. The quantitative estimate of drug-likeness (QED) is 0.168. The van der Waals surface area contributed by atoms with E-state index in [1.54, 1.807) is 13.0 Å². The van der Waals surface area contributed by atoms with Crippen molar-refractivity contribution in [3.8, 4) is 0 Å². The van der Waals surface area contributed by atoms with Crippen molar-refractivity contribution in [2.24, 2.45) is 16.2 Å². The highest BCUT2D eigenvalue weighted by Gasteiger charge is 2.30. The molecular weight excluding hydrogens is 532 g/mol. The summed E-state index contributed by atoms with van der Waals surface area (Å²) >= 11 is 0. The molecule has 7 heteroatoms. The lowest BCUT2D eigenvalue weighted by Crippen LogP contribution is -2.38. The van der Waals surface area contributed by atoms with Gasteiger partial charge >= 0.3 is 0 Å². The minimum absolute atomic E-state index is 0.0937. The van der Waals surface area contributed by atoms with Crippen LogP contribution in [0.2, 0.25) is 0 Å². The van der Waals surface area contributed by atoms with Crippen molar-refractivity contribution < 1.29 is 33.2 Å². The van der Waals surface area contributed by atoms with Gasteiger partial charge in [-0.3, -0.25) is 4.79 Å². The maximum atomic E-state index is 10.4. The fraction of sp³-hybridized carbons (Fsp3) is 0.629. The first-order valence-electron chi connectivity index (χ1n) is 14.8. The molecule has 236 valence electrons. The number of carbonyl (C=O) groups excluding carboxylic acids is 1. The van der Waals surface area contributed by atoms with E-state index in [9.17, 15) is 4.79 Å². The average Bonchev–Trinajstić information content (AvgIpc) is 2.93. The molecule has 7 nitrogen and oxygen atoms in total. The van der Waals surface area contributed by atoms with E-state index in [0.29, 0.717) is 18.8 Å². The fourth-order valence-corrected chi connectivity index (χ4v) is 3.97. The Morgan fingerprint density at radius 3 is 0.952 bits per heavy atom. The van der Waals surface area contributed by atoms with E-state index in [0.717, 1.165) is 49.4 Å². The van der Waals surface area contributed by atoms with Crippen LogP contribution in [0.15, 0.2) is 70.9 Å². The summed E-state index contributed by atoms with van der Waals surface area (Å²) in [5.74, 6) is 0. The lowest BCUT2D eigenvalue weighted by Gasteiger charge is -2.35. The van der Waals surface area contributed by atoms with Gasteiger partial charge in [0.15, 0.2) is 18.9 Å². The second kappa shape index (κ2) is 16.6. The molecule has 0 aromatic carbocycles. The maximum Gasteiger partial charge on any atom is 0.179 e. The van der Waals surface area contributed by atoms with Crippen LogP contribution in [0.1, 0.15) is 69.2 Å². The van der Waals surface area contributed by atoms with Gasteiger partial charge in [0.25, 0.3) is 0 Å². The molecule has 0 bridgehead atoms. The van der Waals surface area contributed by atoms with Gasteiger partial charge in [0.05, 0.1) is 39.6 Å². The molecule has 0 saturated carbocycles. The zero-order chi connectivity index (χ0) is 31.4. The number of hydrogen-bond donors (Lipinski definition) is 0. The van der Waals surface area contributed by atoms with Gasteiger partial charge in [0, 0.05) is 16.2 Å². The molecule has 0 N–H and O–H groups in total. The molecule has 0 aliphatic carbocycles. The average molecular weight is 587 g/mol. The number of allylic oxidation sites excluding steroid dienone is 9. The lowest BCUT2D eigenvalue weighted by molar-refractivity contribution is -0.202. The summed E-state index contributed by atoms with van der Waals surface area (Å²) in [5, 5.41) is 0. The Labute approximate surface area is 254 Å². The largest absolute Gasteiger partial charge is 0.348 e. The Bertz CT molecular complexity index is 979. The minimum Gasteiger partial charge on any atom is -0.348 e. The van der Waals surface area contributed by atoms with E-state index >= 15 is 0 Å². The molecule has 42 heavy (non-hydrogen) atoms. The highest BCUT2D eigenvalue weighted by atomic mass is 16.7. The highest BCUT2D eigenvalue weighted by molar-refractivity contribution is 5.72. The predicted octanol–water partition coefficient (Wildman–Crippen LogP) is 7.27. The molecule has 3 rings (SSSR count). The van der Waals surface area contributed by atoms with Crippen molar-refractivity contribution in [1.29, 1.82) is 0 Å². The van der Waals surface area contributed by atoms with Gasteiger partial charge in [-0.25, -0.2) is 0 Å². The van der Waals surface area contributed by atoms with E-state index < -0.39 is 0 Å². The summed E-state index contributed by atoms with van der Waals surface area (Å²) in [6.07, 6.45) is 15.6. The van der Waals surface area contributed by atoms with Crippen molar-refractivity contribution in [1.82, 2.24) is 0 Å². The zero-order valence-corrected chi connectivity index (χ0v) is 27.5. The van der Waals surface area contributed by atoms with Crippen LogP contribution in [0.5, 0.6) is 0 Å². The second-order valence-electron chi connectivity index (χ2n) is 13.9. The summed E-state index contributed by atoms with van der Waals surface area (Å²) in [6, 6.07) is 0. The van der Waals surface area contributed by atoms with Crippen LogP contribution in [-0.4, -0.2) is 64.8 Å². The Hall–Kier alpha value is -2.13. The van der Waals surface area contributed by atoms with Crippen LogP contribution in [0, 0.1) is 16.2 Å². The molecule has 0 aromatic rings. The standard InChI is InChI=1S/C20H32O4.C15H22O3/c1-15(17-21-11-19(3,4)12-22-17)9-7-8-10-16(2)18-23-13-20(5,6)14-24-18;1-12(9-16)7-5-6-8-13(2)14-17-10-15(3,4)11-18-14/h7-10,17-18H,11-14H2,1-6H3;5-9,14H,10-11H2,1-4H3/b8-7+,15-9+,16-10+;6-5+,12-7+,13-8+. The molecule has 0 atom stereocenters. The molecule has 3 aliphatic rings. The van der Waals surface area contributed by atoms with E-state index in [1.807, 2.05) is 63.3 Å².